The Hall–Kier alpha value is -2.17. The molecule has 0 aliphatic heterocycles. The predicted octanol–water partition coefficient (Wildman–Crippen LogP) is 0.965. The van der Waals surface area contributed by atoms with E-state index < -0.39 is 5.97 Å². The van der Waals surface area contributed by atoms with Gasteiger partial charge in [-0.1, -0.05) is 0 Å². The molecule has 0 atom stereocenters. The number of rotatable bonds is 2. The fourth-order valence-corrected chi connectivity index (χ4v) is 1.07. The number of carboxylic acid groups (broad SMARTS) is 1. The van der Waals surface area contributed by atoms with Crippen molar-refractivity contribution in [1.82, 2.24) is 14.8 Å². The molecule has 0 spiro atoms. The summed E-state index contributed by atoms with van der Waals surface area (Å²) in [7, 11) is 0. The molecule has 0 saturated carbocycles. The van der Waals surface area contributed by atoms with Crippen LogP contribution in [0.1, 0.15) is 10.5 Å². The Morgan fingerprint density at radius 2 is 2.29 bits per heavy atom. The molecule has 70 valence electrons. The lowest BCUT2D eigenvalue weighted by molar-refractivity contribution is 0.0690. The van der Waals surface area contributed by atoms with Crippen molar-refractivity contribution < 1.29 is 9.90 Å². The molecule has 2 rings (SSSR count). The highest BCUT2D eigenvalue weighted by Crippen LogP contribution is 2.04. The van der Waals surface area contributed by atoms with Crippen LogP contribution in [0.3, 0.4) is 0 Å². The number of carboxylic acids is 1. The van der Waals surface area contributed by atoms with Crippen LogP contribution >= 0.6 is 0 Å². The lowest BCUT2D eigenvalue weighted by Gasteiger charge is -1.97. The first-order chi connectivity index (χ1) is 6.77. The summed E-state index contributed by atoms with van der Waals surface area (Å²) < 4.78 is 1.47. The average Bonchev–Trinajstić information content (AvgIpc) is 2.68. The third-order valence-electron chi connectivity index (χ3n) is 1.72. The van der Waals surface area contributed by atoms with Crippen LogP contribution in [0.25, 0.3) is 5.69 Å². The van der Waals surface area contributed by atoms with Gasteiger partial charge in [0, 0.05) is 12.4 Å². The fourth-order valence-electron chi connectivity index (χ4n) is 1.07. The summed E-state index contributed by atoms with van der Waals surface area (Å²) >= 11 is 0. The molecule has 0 aromatic carbocycles. The molecule has 5 heteroatoms. The maximum atomic E-state index is 10.6. The Morgan fingerprint density at radius 1 is 1.43 bits per heavy atom. The van der Waals surface area contributed by atoms with Crippen LogP contribution in [-0.2, 0) is 0 Å². The lowest BCUT2D eigenvalue weighted by Crippen LogP contribution is -2.00. The van der Waals surface area contributed by atoms with E-state index in [9.17, 15) is 4.79 Å². The fraction of sp³-hybridized carbons (Fsp3) is 0. The number of pyridine rings is 1. The van der Waals surface area contributed by atoms with Crippen molar-refractivity contribution in [3.05, 3.63) is 42.5 Å². The third-order valence-corrected chi connectivity index (χ3v) is 1.72. The van der Waals surface area contributed by atoms with Gasteiger partial charge < -0.3 is 5.11 Å². The van der Waals surface area contributed by atoms with E-state index in [1.807, 2.05) is 0 Å². The van der Waals surface area contributed by atoms with Gasteiger partial charge in [0.25, 0.3) is 0 Å². The number of hydrogen-bond donors (Lipinski definition) is 1. The number of hydrogen-bond acceptors (Lipinski definition) is 3. The van der Waals surface area contributed by atoms with Gasteiger partial charge in [-0.25, -0.2) is 9.48 Å². The molecule has 0 aliphatic rings. The van der Waals surface area contributed by atoms with Gasteiger partial charge in [-0.15, -0.1) is 0 Å². The van der Waals surface area contributed by atoms with Crippen molar-refractivity contribution in [2.45, 2.75) is 0 Å². The molecular formula is C9H7N3O2. The highest BCUT2D eigenvalue weighted by atomic mass is 16.4. The van der Waals surface area contributed by atoms with E-state index in [0.29, 0.717) is 0 Å². The standard InChI is InChI=1S/C9H7N3O2/c13-9(14)8-3-5-12(11-8)7-2-1-4-10-6-7/h1-6H,(H,13,14). The Bertz CT molecular complexity index is 450. The van der Waals surface area contributed by atoms with Crippen LogP contribution in [0.5, 0.6) is 0 Å². The molecule has 0 fully saturated rings. The number of aromatic nitrogens is 3. The smallest absolute Gasteiger partial charge is 0.356 e. The van der Waals surface area contributed by atoms with Gasteiger partial charge in [-0.3, -0.25) is 4.98 Å². The van der Waals surface area contributed by atoms with Crippen LogP contribution in [-0.4, -0.2) is 25.8 Å². The maximum Gasteiger partial charge on any atom is 0.356 e. The number of aromatic carboxylic acids is 1. The van der Waals surface area contributed by atoms with E-state index in [2.05, 4.69) is 10.1 Å². The molecule has 0 radical (unpaired) electrons. The topological polar surface area (TPSA) is 68.0 Å². The Morgan fingerprint density at radius 3 is 2.86 bits per heavy atom. The second-order valence-electron chi connectivity index (χ2n) is 2.66. The van der Waals surface area contributed by atoms with Crippen LogP contribution < -0.4 is 0 Å². The minimum absolute atomic E-state index is 0.0221. The van der Waals surface area contributed by atoms with E-state index in [-0.39, 0.29) is 5.69 Å². The van der Waals surface area contributed by atoms with Crippen molar-refractivity contribution in [2.75, 3.05) is 0 Å². The average molecular weight is 189 g/mol. The zero-order chi connectivity index (χ0) is 9.97. The van der Waals surface area contributed by atoms with Crippen molar-refractivity contribution >= 4 is 5.97 Å². The Labute approximate surface area is 79.6 Å². The molecule has 2 aromatic heterocycles. The lowest BCUT2D eigenvalue weighted by atomic mass is 10.4. The monoisotopic (exact) mass is 189 g/mol. The summed E-state index contributed by atoms with van der Waals surface area (Å²) in [5.74, 6) is -1.03. The van der Waals surface area contributed by atoms with E-state index in [4.69, 9.17) is 5.11 Å². The highest BCUT2D eigenvalue weighted by Gasteiger charge is 2.06. The Kier molecular flexibility index (Phi) is 1.98. The molecule has 0 saturated heterocycles. The molecule has 2 aromatic rings. The van der Waals surface area contributed by atoms with Gasteiger partial charge in [0.1, 0.15) is 0 Å². The van der Waals surface area contributed by atoms with E-state index in [1.165, 1.54) is 10.7 Å². The van der Waals surface area contributed by atoms with Crippen LogP contribution in [0.15, 0.2) is 36.8 Å². The highest BCUT2D eigenvalue weighted by molar-refractivity contribution is 5.85. The molecule has 5 nitrogen and oxygen atoms in total. The zero-order valence-electron chi connectivity index (χ0n) is 7.16. The summed E-state index contributed by atoms with van der Waals surface area (Å²) in [5.41, 5.74) is 0.758. The van der Waals surface area contributed by atoms with Crippen LogP contribution in [0.2, 0.25) is 0 Å². The molecule has 1 N–H and O–H groups in total. The van der Waals surface area contributed by atoms with Gasteiger partial charge in [-0.2, -0.15) is 5.10 Å². The molecule has 0 aliphatic carbocycles. The van der Waals surface area contributed by atoms with Gasteiger partial charge in [0.2, 0.25) is 0 Å². The molecule has 14 heavy (non-hydrogen) atoms. The molecular weight excluding hydrogens is 182 g/mol. The van der Waals surface area contributed by atoms with Gasteiger partial charge in [-0.05, 0) is 18.2 Å². The molecule has 0 amide bonds. The summed E-state index contributed by atoms with van der Waals surface area (Å²) in [6, 6.07) is 5.00. The second kappa shape index (κ2) is 3.29. The normalized spacial score (nSPS) is 10.0. The maximum absolute atomic E-state index is 10.6. The van der Waals surface area contributed by atoms with Crippen LogP contribution in [0.4, 0.5) is 0 Å². The first-order valence-corrected chi connectivity index (χ1v) is 3.97. The number of nitrogens with zero attached hydrogens (tertiary/aromatic N) is 3. The van der Waals surface area contributed by atoms with Gasteiger partial charge in [0.15, 0.2) is 5.69 Å². The van der Waals surface area contributed by atoms with Crippen molar-refractivity contribution in [1.29, 1.82) is 0 Å². The summed E-state index contributed by atoms with van der Waals surface area (Å²) in [6.07, 6.45) is 4.84. The van der Waals surface area contributed by atoms with Gasteiger partial charge >= 0.3 is 5.97 Å². The number of carbonyl (C=O) groups is 1. The zero-order valence-corrected chi connectivity index (χ0v) is 7.16. The van der Waals surface area contributed by atoms with Crippen molar-refractivity contribution in [2.24, 2.45) is 0 Å². The predicted molar refractivity (Wildman–Crippen MR) is 48.3 cm³/mol. The summed E-state index contributed by atoms with van der Waals surface area (Å²) in [6.45, 7) is 0. The third kappa shape index (κ3) is 1.47. The minimum atomic E-state index is -1.03. The van der Waals surface area contributed by atoms with Crippen LogP contribution in [0, 0.1) is 0 Å². The second-order valence-corrected chi connectivity index (χ2v) is 2.66. The first kappa shape index (κ1) is 8.43. The summed E-state index contributed by atoms with van der Waals surface area (Å²) in [5, 5.41) is 12.5. The molecule has 0 unspecified atom stereocenters. The molecule has 2 heterocycles. The largest absolute Gasteiger partial charge is 0.476 e. The van der Waals surface area contributed by atoms with Crippen molar-refractivity contribution in [3.8, 4) is 5.69 Å². The first-order valence-electron chi connectivity index (χ1n) is 3.97. The Balaban J connectivity index is 2.39. The minimum Gasteiger partial charge on any atom is -0.476 e. The quantitative estimate of drug-likeness (QED) is 0.764. The van der Waals surface area contributed by atoms with Gasteiger partial charge in [0.05, 0.1) is 11.9 Å². The van der Waals surface area contributed by atoms with E-state index in [1.54, 1.807) is 30.7 Å². The summed E-state index contributed by atoms with van der Waals surface area (Å²) in [4.78, 5) is 14.5. The molecule has 0 bridgehead atoms. The SMILES string of the molecule is O=C(O)c1ccn(-c2cccnc2)n1. The van der Waals surface area contributed by atoms with E-state index in [0.717, 1.165) is 5.69 Å². The van der Waals surface area contributed by atoms with Crippen molar-refractivity contribution in [3.63, 3.8) is 0 Å². The van der Waals surface area contributed by atoms with E-state index >= 15 is 0 Å².